The van der Waals surface area contributed by atoms with Gasteiger partial charge in [0.1, 0.15) is 0 Å². The molecule has 0 spiro atoms. The number of fused-ring (bicyclic) bond motifs is 13. The SMILES string of the molecule is CC1(C)c2ccccc2-c2ccc(-c3nc4ccc(-n5c6ccccc6c6cc7c8ccccc8n(-c8ccccc8)c7cc65)cc4nc3-c3ccc4c(c3)C(C)(C)c3ccccc3-4)cc21. The van der Waals surface area contributed by atoms with Gasteiger partial charge in [-0.1, -0.05) is 155 Å². The van der Waals surface area contributed by atoms with Gasteiger partial charge in [0.15, 0.2) is 0 Å². The lowest BCUT2D eigenvalue weighted by Gasteiger charge is -2.23. The summed E-state index contributed by atoms with van der Waals surface area (Å²) < 4.78 is 4.82. The Morgan fingerprint density at radius 1 is 0.318 bits per heavy atom. The van der Waals surface area contributed by atoms with Gasteiger partial charge in [-0.15, -0.1) is 0 Å². The molecule has 2 aliphatic rings. The van der Waals surface area contributed by atoms with Gasteiger partial charge in [-0.05, 0) is 111 Å². The van der Waals surface area contributed by atoms with Crippen LogP contribution in [0.15, 0.2) is 194 Å². The van der Waals surface area contributed by atoms with E-state index in [1.54, 1.807) is 0 Å². The average Bonchev–Trinajstić information content (AvgIpc) is 4.01. The van der Waals surface area contributed by atoms with Gasteiger partial charge < -0.3 is 9.13 Å². The number of aromatic nitrogens is 4. The minimum atomic E-state index is -0.156. The quantitative estimate of drug-likeness (QED) is 0.177. The van der Waals surface area contributed by atoms with E-state index in [1.165, 1.54) is 77.1 Å². The van der Waals surface area contributed by atoms with Crippen LogP contribution in [-0.4, -0.2) is 19.1 Å². The van der Waals surface area contributed by atoms with E-state index in [4.69, 9.17) is 9.97 Å². The molecule has 0 amide bonds. The molecule has 9 aromatic carbocycles. The van der Waals surface area contributed by atoms with Crippen LogP contribution in [0.25, 0.3) is 111 Å². The summed E-state index contributed by atoms with van der Waals surface area (Å²) in [5, 5.41) is 4.93. The van der Waals surface area contributed by atoms with Gasteiger partial charge in [0, 0.05) is 54.9 Å². The van der Waals surface area contributed by atoms with Gasteiger partial charge in [0.2, 0.25) is 0 Å². The van der Waals surface area contributed by atoms with Crippen molar-refractivity contribution in [3.8, 4) is 56.1 Å². The Labute approximate surface area is 383 Å². The second-order valence-electron chi connectivity index (χ2n) is 19.4. The first-order valence-electron chi connectivity index (χ1n) is 23.1. The summed E-state index contributed by atoms with van der Waals surface area (Å²) in [5.74, 6) is 0. The smallest absolute Gasteiger partial charge is 0.0973 e. The minimum Gasteiger partial charge on any atom is -0.309 e. The zero-order chi connectivity index (χ0) is 44.1. The molecule has 3 aromatic heterocycles. The Morgan fingerprint density at radius 2 is 0.788 bits per heavy atom. The van der Waals surface area contributed by atoms with Crippen LogP contribution in [0, 0.1) is 0 Å². The Hall–Kier alpha value is -8.08. The lowest BCUT2D eigenvalue weighted by atomic mass is 9.81. The third-order valence-corrected chi connectivity index (χ3v) is 15.1. The van der Waals surface area contributed by atoms with Crippen molar-refractivity contribution in [1.82, 2.24) is 19.1 Å². The normalized spacial score (nSPS) is 14.3. The number of rotatable bonds is 4. The van der Waals surface area contributed by atoms with Crippen LogP contribution in [0.3, 0.4) is 0 Å². The molecule has 0 radical (unpaired) electrons. The highest BCUT2D eigenvalue weighted by Crippen LogP contribution is 2.52. The van der Waals surface area contributed by atoms with E-state index in [0.717, 1.165) is 56.0 Å². The topological polar surface area (TPSA) is 35.6 Å². The van der Waals surface area contributed by atoms with Crippen LogP contribution in [0.5, 0.6) is 0 Å². The number of hydrogen-bond acceptors (Lipinski definition) is 2. The molecular formula is C62H44N4. The summed E-state index contributed by atoms with van der Waals surface area (Å²) in [6, 6.07) is 71.3. The molecule has 312 valence electrons. The molecule has 0 aliphatic heterocycles. The molecule has 4 nitrogen and oxygen atoms in total. The van der Waals surface area contributed by atoms with Crippen molar-refractivity contribution in [2.45, 2.75) is 38.5 Å². The number of hydrogen-bond donors (Lipinski definition) is 0. The van der Waals surface area contributed by atoms with E-state index in [1.807, 2.05) is 0 Å². The second kappa shape index (κ2) is 13.2. The standard InChI is InChI=1S/C62H44N4/c1-61(2)49-22-12-8-18-41(49)43-29-26-37(32-51(43)61)59-60(38-27-30-44-42-19-9-13-23-50(42)62(3,4)52(44)33-38)64-54-34-40(28-31-53(54)63-59)66-56-25-15-11-21-46(56)48-35-47-45-20-10-14-24-55(45)65(57(47)36-58(48)66)39-16-6-5-7-17-39/h5-36H,1-4H3. The van der Waals surface area contributed by atoms with Crippen LogP contribution in [0.1, 0.15) is 49.9 Å². The summed E-state index contributed by atoms with van der Waals surface area (Å²) >= 11 is 0. The summed E-state index contributed by atoms with van der Waals surface area (Å²) in [6.07, 6.45) is 0. The minimum absolute atomic E-state index is 0.145. The van der Waals surface area contributed by atoms with Crippen molar-refractivity contribution in [1.29, 1.82) is 0 Å². The van der Waals surface area contributed by atoms with Gasteiger partial charge >= 0.3 is 0 Å². The molecule has 3 heterocycles. The number of benzene rings is 9. The molecule has 66 heavy (non-hydrogen) atoms. The maximum atomic E-state index is 5.70. The molecular weight excluding hydrogens is 801 g/mol. The Morgan fingerprint density at radius 3 is 1.36 bits per heavy atom. The van der Waals surface area contributed by atoms with Crippen molar-refractivity contribution in [2.24, 2.45) is 0 Å². The van der Waals surface area contributed by atoms with Crippen molar-refractivity contribution >= 4 is 54.6 Å². The predicted molar refractivity (Wildman–Crippen MR) is 274 cm³/mol. The molecule has 0 saturated carbocycles. The lowest BCUT2D eigenvalue weighted by molar-refractivity contribution is 0.660. The van der Waals surface area contributed by atoms with Crippen LogP contribution in [0.2, 0.25) is 0 Å². The molecule has 4 heteroatoms. The molecule has 0 N–H and O–H groups in total. The first-order valence-corrected chi connectivity index (χ1v) is 23.1. The van der Waals surface area contributed by atoms with Crippen molar-refractivity contribution < 1.29 is 0 Å². The molecule has 0 bridgehead atoms. The Kier molecular flexibility index (Phi) is 7.49. The first-order chi connectivity index (χ1) is 32.2. The van der Waals surface area contributed by atoms with Crippen LogP contribution >= 0.6 is 0 Å². The average molecular weight is 845 g/mol. The summed E-state index contributed by atoms with van der Waals surface area (Å²) in [7, 11) is 0. The fourth-order valence-corrected chi connectivity index (χ4v) is 11.9. The molecule has 0 atom stereocenters. The van der Waals surface area contributed by atoms with E-state index in [0.29, 0.717) is 0 Å². The Balaban J connectivity index is 1.01. The number of para-hydroxylation sites is 3. The summed E-state index contributed by atoms with van der Waals surface area (Å²) in [5.41, 5.74) is 22.8. The number of nitrogens with zero attached hydrogens (tertiary/aromatic N) is 4. The Bertz CT molecular complexity index is 4050. The zero-order valence-electron chi connectivity index (χ0n) is 37.3. The van der Waals surface area contributed by atoms with E-state index >= 15 is 0 Å². The molecule has 0 fully saturated rings. The zero-order valence-corrected chi connectivity index (χ0v) is 37.3. The van der Waals surface area contributed by atoms with Gasteiger partial charge in [0.25, 0.3) is 0 Å². The second-order valence-corrected chi connectivity index (χ2v) is 19.4. The fourth-order valence-electron chi connectivity index (χ4n) is 11.9. The molecule has 0 saturated heterocycles. The van der Waals surface area contributed by atoms with Crippen LogP contribution < -0.4 is 0 Å². The van der Waals surface area contributed by atoms with Crippen molar-refractivity contribution in [3.63, 3.8) is 0 Å². The third kappa shape index (κ3) is 5.04. The maximum absolute atomic E-state index is 5.70. The highest BCUT2D eigenvalue weighted by atomic mass is 15.0. The monoisotopic (exact) mass is 844 g/mol. The molecule has 0 unspecified atom stereocenters. The van der Waals surface area contributed by atoms with Gasteiger partial charge in [0.05, 0.1) is 44.5 Å². The fraction of sp³-hybridized carbons (Fsp3) is 0.0968. The molecule has 14 rings (SSSR count). The maximum Gasteiger partial charge on any atom is 0.0973 e. The first kappa shape index (κ1) is 37.3. The van der Waals surface area contributed by atoms with Gasteiger partial charge in [-0.25, -0.2) is 9.97 Å². The highest BCUT2D eigenvalue weighted by Gasteiger charge is 2.37. The molecule has 12 aromatic rings. The van der Waals surface area contributed by atoms with E-state index in [9.17, 15) is 0 Å². The van der Waals surface area contributed by atoms with Crippen LogP contribution in [0.4, 0.5) is 0 Å². The van der Waals surface area contributed by atoms with Gasteiger partial charge in [-0.2, -0.15) is 0 Å². The van der Waals surface area contributed by atoms with E-state index < -0.39 is 0 Å². The van der Waals surface area contributed by atoms with Crippen molar-refractivity contribution in [3.05, 3.63) is 216 Å². The third-order valence-electron chi connectivity index (χ3n) is 15.1. The highest BCUT2D eigenvalue weighted by molar-refractivity contribution is 6.19. The van der Waals surface area contributed by atoms with E-state index in [-0.39, 0.29) is 10.8 Å². The van der Waals surface area contributed by atoms with Gasteiger partial charge in [-0.3, -0.25) is 0 Å². The summed E-state index contributed by atoms with van der Waals surface area (Å²) in [6.45, 7) is 9.38. The largest absolute Gasteiger partial charge is 0.309 e. The van der Waals surface area contributed by atoms with E-state index in [2.05, 4.69) is 231 Å². The van der Waals surface area contributed by atoms with Crippen molar-refractivity contribution in [2.75, 3.05) is 0 Å². The lowest BCUT2D eigenvalue weighted by Crippen LogP contribution is -2.15. The van der Waals surface area contributed by atoms with Crippen LogP contribution in [-0.2, 0) is 10.8 Å². The predicted octanol–water partition coefficient (Wildman–Crippen LogP) is 15.8. The molecule has 2 aliphatic carbocycles. The summed E-state index contributed by atoms with van der Waals surface area (Å²) in [4.78, 5) is 11.3.